The second kappa shape index (κ2) is 8.90. The van der Waals surface area contributed by atoms with E-state index in [1.165, 1.54) is 19.3 Å². The monoisotopic (exact) mass is 243 g/mol. The molecule has 1 aliphatic carbocycles. The summed E-state index contributed by atoms with van der Waals surface area (Å²) in [5.41, 5.74) is 0. The highest BCUT2D eigenvalue weighted by molar-refractivity contribution is 4.80. The quantitative estimate of drug-likeness (QED) is 0.664. The van der Waals surface area contributed by atoms with Gasteiger partial charge in [0.2, 0.25) is 0 Å². The van der Waals surface area contributed by atoms with Gasteiger partial charge in [0, 0.05) is 32.9 Å². The summed E-state index contributed by atoms with van der Waals surface area (Å²) in [6.45, 7) is 8.15. The molecule has 0 amide bonds. The molecule has 17 heavy (non-hydrogen) atoms. The highest BCUT2D eigenvalue weighted by Gasteiger charge is 2.24. The van der Waals surface area contributed by atoms with Crippen molar-refractivity contribution in [1.82, 2.24) is 5.32 Å². The average molecular weight is 243 g/mol. The predicted molar refractivity (Wildman–Crippen MR) is 71.3 cm³/mol. The lowest BCUT2D eigenvalue weighted by Gasteiger charge is -2.33. The van der Waals surface area contributed by atoms with Crippen LogP contribution in [-0.4, -0.2) is 39.5 Å². The van der Waals surface area contributed by atoms with Crippen molar-refractivity contribution < 1.29 is 9.47 Å². The van der Waals surface area contributed by atoms with Gasteiger partial charge in [0.1, 0.15) is 0 Å². The molecule has 3 unspecified atom stereocenters. The molecule has 0 aromatic heterocycles. The third-order valence-electron chi connectivity index (χ3n) is 3.72. The lowest BCUT2D eigenvalue weighted by atomic mass is 9.80. The predicted octanol–water partition coefficient (Wildman–Crippen LogP) is 2.45. The minimum atomic E-state index is 0.703. The van der Waals surface area contributed by atoms with Crippen LogP contribution in [0.25, 0.3) is 0 Å². The van der Waals surface area contributed by atoms with Crippen LogP contribution in [0.3, 0.4) is 0 Å². The van der Waals surface area contributed by atoms with Gasteiger partial charge in [0.25, 0.3) is 0 Å². The summed E-state index contributed by atoms with van der Waals surface area (Å²) in [7, 11) is 1.73. The molecule has 1 aliphatic rings. The van der Waals surface area contributed by atoms with Crippen LogP contribution in [0.4, 0.5) is 0 Å². The van der Waals surface area contributed by atoms with Gasteiger partial charge in [-0.05, 0) is 37.5 Å². The van der Waals surface area contributed by atoms with Gasteiger partial charge in [-0.25, -0.2) is 0 Å². The second-order valence-corrected chi connectivity index (χ2v) is 5.41. The first-order valence-electron chi connectivity index (χ1n) is 7.04. The molecular weight excluding hydrogens is 214 g/mol. The fourth-order valence-corrected chi connectivity index (χ4v) is 2.69. The number of nitrogens with one attached hydrogen (secondary N) is 1. The first kappa shape index (κ1) is 14.9. The Morgan fingerprint density at radius 2 is 1.94 bits per heavy atom. The Labute approximate surface area is 106 Å². The van der Waals surface area contributed by atoms with Crippen molar-refractivity contribution in [3.05, 3.63) is 0 Å². The lowest BCUT2D eigenvalue weighted by Crippen LogP contribution is -2.40. The van der Waals surface area contributed by atoms with Gasteiger partial charge >= 0.3 is 0 Å². The molecule has 0 saturated heterocycles. The van der Waals surface area contributed by atoms with E-state index >= 15 is 0 Å². The Morgan fingerprint density at radius 3 is 2.65 bits per heavy atom. The smallest absolute Gasteiger partial charge is 0.0591 e. The van der Waals surface area contributed by atoms with Gasteiger partial charge in [0.15, 0.2) is 0 Å². The van der Waals surface area contributed by atoms with E-state index < -0.39 is 0 Å². The molecule has 0 aromatic carbocycles. The summed E-state index contributed by atoms with van der Waals surface area (Å²) >= 11 is 0. The Hall–Kier alpha value is -0.120. The summed E-state index contributed by atoms with van der Waals surface area (Å²) in [4.78, 5) is 0. The van der Waals surface area contributed by atoms with Crippen molar-refractivity contribution in [1.29, 1.82) is 0 Å². The molecule has 0 heterocycles. The van der Waals surface area contributed by atoms with Crippen LogP contribution < -0.4 is 5.32 Å². The van der Waals surface area contributed by atoms with E-state index in [0.29, 0.717) is 6.04 Å². The van der Waals surface area contributed by atoms with Crippen LogP contribution in [-0.2, 0) is 9.47 Å². The normalized spacial score (nSPS) is 29.5. The van der Waals surface area contributed by atoms with Crippen molar-refractivity contribution >= 4 is 0 Å². The summed E-state index contributed by atoms with van der Waals surface area (Å²) < 4.78 is 10.5. The molecule has 1 fully saturated rings. The van der Waals surface area contributed by atoms with E-state index in [-0.39, 0.29) is 0 Å². The van der Waals surface area contributed by atoms with Gasteiger partial charge in [0.05, 0.1) is 6.61 Å². The van der Waals surface area contributed by atoms with Crippen LogP contribution in [0.15, 0.2) is 0 Å². The zero-order valence-electron chi connectivity index (χ0n) is 11.7. The van der Waals surface area contributed by atoms with Crippen molar-refractivity contribution in [2.45, 2.75) is 45.6 Å². The van der Waals surface area contributed by atoms with E-state index in [1.807, 2.05) is 0 Å². The van der Waals surface area contributed by atoms with E-state index in [9.17, 15) is 0 Å². The SMILES string of the molecule is COCCCOCCNC1CCC(C)CC1C. The third-order valence-corrected chi connectivity index (χ3v) is 3.72. The molecule has 0 bridgehead atoms. The maximum Gasteiger partial charge on any atom is 0.0591 e. The molecule has 0 aromatic rings. The number of methoxy groups -OCH3 is 1. The zero-order chi connectivity index (χ0) is 12.5. The van der Waals surface area contributed by atoms with E-state index in [4.69, 9.17) is 9.47 Å². The summed E-state index contributed by atoms with van der Waals surface area (Å²) in [6.07, 6.45) is 5.06. The standard InChI is InChI=1S/C14H29NO2/c1-12-5-6-14(13(2)11-12)15-7-10-17-9-4-8-16-3/h12-15H,4-11H2,1-3H3. The molecule has 0 spiro atoms. The van der Waals surface area contributed by atoms with Crippen LogP contribution in [0.1, 0.15) is 39.5 Å². The second-order valence-electron chi connectivity index (χ2n) is 5.41. The van der Waals surface area contributed by atoms with Crippen molar-refractivity contribution in [3.8, 4) is 0 Å². The number of ether oxygens (including phenoxy) is 2. The highest BCUT2D eigenvalue weighted by atomic mass is 16.5. The van der Waals surface area contributed by atoms with E-state index in [0.717, 1.165) is 44.6 Å². The molecule has 1 N–H and O–H groups in total. The molecule has 0 aliphatic heterocycles. The number of hydrogen-bond acceptors (Lipinski definition) is 3. The van der Waals surface area contributed by atoms with Crippen LogP contribution >= 0.6 is 0 Å². The Morgan fingerprint density at radius 1 is 1.12 bits per heavy atom. The van der Waals surface area contributed by atoms with Gasteiger partial charge in [-0.3, -0.25) is 0 Å². The molecule has 1 rings (SSSR count). The minimum Gasteiger partial charge on any atom is -0.385 e. The third kappa shape index (κ3) is 6.39. The Balaban J connectivity index is 1.95. The van der Waals surface area contributed by atoms with Gasteiger partial charge in [-0.15, -0.1) is 0 Å². The Kier molecular flexibility index (Phi) is 7.82. The summed E-state index contributed by atoms with van der Waals surface area (Å²) in [5.74, 6) is 1.72. The molecule has 3 nitrogen and oxygen atoms in total. The minimum absolute atomic E-state index is 0.703. The maximum atomic E-state index is 5.54. The molecular formula is C14H29NO2. The first-order valence-corrected chi connectivity index (χ1v) is 7.04. The van der Waals surface area contributed by atoms with Crippen molar-refractivity contribution in [3.63, 3.8) is 0 Å². The molecule has 3 atom stereocenters. The number of rotatable bonds is 8. The lowest BCUT2D eigenvalue weighted by molar-refractivity contribution is 0.0995. The van der Waals surface area contributed by atoms with Crippen molar-refractivity contribution in [2.75, 3.05) is 33.5 Å². The van der Waals surface area contributed by atoms with Crippen LogP contribution in [0.5, 0.6) is 0 Å². The van der Waals surface area contributed by atoms with Crippen LogP contribution in [0, 0.1) is 11.8 Å². The fourth-order valence-electron chi connectivity index (χ4n) is 2.69. The summed E-state index contributed by atoms with van der Waals surface area (Å²) in [5, 5.41) is 3.63. The zero-order valence-corrected chi connectivity index (χ0v) is 11.7. The molecule has 0 radical (unpaired) electrons. The van der Waals surface area contributed by atoms with E-state index in [1.54, 1.807) is 7.11 Å². The fraction of sp³-hybridized carbons (Fsp3) is 1.00. The molecule has 3 heteroatoms. The molecule has 102 valence electrons. The topological polar surface area (TPSA) is 30.5 Å². The van der Waals surface area contributed by atoms with Gasteiger partial charge in [-0.1, -0.05) is 13.8 Å². The van der Waals surface area contributed by atoms with Crippen LogP contribution in [0.2, 0.25) is 0 Å². The largest absolute Gasteiger partial charge is 0.385 e. The van der Waals surface area contributed by atoms with Crippen molar-refractivity contribution in [2.24, 2.45) is 11.8 Å². The summed E-state index contributed by atoms with van der Waals surface area (Å²) in [6, 6.07) is 0.703. The van der Waals surface area contributed by atoms with E-state index in [2.05, 4.69) is 19.2 Å². The Bertz CT molecular complexity index is 187. The molecule has 1 saturated carbocycles. The number of hydrogen-bond donors (Lipinski definition) is 1. The highest BCUT2D eigenvalue weighted by Crippen LogP contribution is 2.28. The maximum absolute atomic E-state index is 5.54. The van der Waals surface area contributed by atoms with Gasteiger partial charge < -0.3 is 14.8 Å². The first-order chi connectivity index (χ1) is 8.24. The average Bonchev–Trinajstić information content (AvgIpc) is 2.30. The van der Waals surface area contributed by atoms with Gasteiger partial charge in [-0.2, -0.15) is 0 Å².